The van der Waals surface area contributed by atoms with Crippen LogP contribution in [-0.4, -0.2) is 5.97 Å². The van der Waals surface area contributed by atoms with Crippen molar-refractivity contribution in [1.82, 2.24) is 0 Å². The zero-order valence-electron chi connectivity index (χ0n) is 13.6. The molecule has 0 aromatic heterocycles. The van der Waals surface area contributed by atoms with Crippen LogP contribution in [0.3, 0.4) is 0 Å². The molecule has 0 saturated heterocycles. The Hall–Kier alpha value is 0.470. The van der Waals surface area contributed by atoms with Crippen LogP contribution in [-0.2, 0) is 4.79 Å². The van der Waals surface area contributed by atoms with Crippen LogP contribution in [0.4, 0.5) is 0 Å². The predicted molar refractivity (Wildman–Crippen MR) is 75.2 cm³/mol. The van der Waals surface area contributed by atoms with Gasteiger partial charge in [0.05, 0.1) is 0 Å². The van der Waals surface area contributed by atoms with E-state index in [1.54, 1.807) is 0 Å². The second-order valence-electron chi connectivity index (χ2n) is 6.61. The number of unbranched alkanes of at least 4 members (excludes halogenated alkanes) is 8. The van der Waals surface area contributed by atoms with Gasteiger partial charge in [0.2, 0.25) is 0 Å². The van der Waals surface area contributed by atoms with E-state index in [0.29, 0.717) is 5.41 Å². The van der Waals surface area contributed by atoms with Crippen LogP contribution in [0.2, 0.25) is 0 Å². The van der Waals surface area contributed by atoms with E-state index in [2.05, 4.69) is 20.8 Å². The molecule has 0 amide bonds. The topological polar surface area (TPSA) is 40.1 Å². The molecule has 0 aliphatic carbocycles. The summed E-state index contributed by atoms with van der Waals surface area (Å²) in [4.78, 5) is 10.2. The van der Waals surface area contributed by atoms with Crippen molar-refractivity contribution in [2.24, 2.45) is 5.41 Å². The average molecular weight is 278 g/mol. The molecule has 0 unspecified atom stereocenters. The second-order valence-corrected chi connectivity index (χ2v) is 6.61. The van der Waals surface area contributed by atoms with Crippen LogP contribution in [0.15, 0.2) is 0 Å². The van der Waals surface area contributed by atoms with Crippen LogP contribution in [0.25, 0.3) is 0 Å². The number of hydrogen-bond acceptors (Lipinski definition) is 2. The third-order valence-electron chi connectivity index (χ3n) is 3.31. The molecular formula is C16H31NaO2. The van der Waals surface area contributed by atoms with Gasteiger partial charge in [0.15, 0.2) is 0 Å². The molecule has 0 aliphatic rings. The molecular weight excluding hydrogens is 247 g/mol. The molecule has 2 nitrogen and oxygen atoms in total. The van der Waals surface area contributed by atoms with E-state index < -0.39 is 5.97 Å². The Morgan fingerprint density at radius 3 is 1.53 bits per heavy atom. The van der Waals surface area contributed by atoms with Crippen LogP contribution in [0.5, 0.6) is 0 Å². The van der Waals surface area contributed by atoms with Crippen LogP contribution >= 0.6 is 0 Å². The first-order valence-corrected chi connectivity index (χ1v) is 7.62. The number of aliphatic carboxylic acids is 1. The first-order chi connectivity index (χ1) is 8.42. The first kappa shape index (κ1) is 21.8. The van der Waals surface area contributed by atoms with Crippen molar-refractivity contribution in [1.29, 1.82) is 0 Å². The number of carbonyl (C=O) groups excluding carboxylic acids is 1. The fraction of sp³-hybridized carbons (Fsp3) is 0.938. The SMILES string of the molecule is CC(C)(C)CCCCCCCCCCCC(=O)[O-].[Na+]. The summed E-state index contributed by atoms with van der Waals surface area (Å²) in [5.74, 6) is -0.908. The fourth-order valence-corrected chi connectivity index (χ4v) is 2.16. The van der Waals surface area contributed by atoms with E-state index in [-0.39, 0.29) is 36.0 Å². The van der Waals surface area contributed by atoms with Gasteiger partial charge in [0.25, 0.3) is 0 Å². The Balaban J connectivity index is 0. The maximum absolute atomic E-state index is 10.2. The zero-order valence-corrected chi connectivity index (χ0v) is 15.6. The summed E-state index contributed by atoms with van der Waals surface area (Å²) in [7, 11) is 0. The van der Waals surface area contributed by atoms with Gasteiger partial charge in [-0.1, -0.05) is 72.1 Å². The first-order valence-electron chi connectivity index (χ1n) is 7.62. The third kappa shape index (κ3) is 20.9. The molecule has 0 N–H and O–H groups in total. The summed E-state index contributed by atoms with van der Waals surface area (Å²) in [6.45, 7) is 6.92. The molecule has 0 heterocycles. The largest absolute Gasteiger partial charge is 1.00 e. The Bertz CT molecular complexity index is 209. The molecule has 0 rings (SSSR count). The maximum Gasteiger partial charge on any atom is 1.00 e. The molecule has 0 aliphatic heterocycles. The average Bonchev–Trinajstić information content (AvgIpc) is 2.24. The summed E-state index contributed by atoms with van der Waals surface area (Å²) >= 11 is 0. The van der Waals surface area contributed by atoms with Crippen molar-refractivity contribution in [3.8, 4) is 0 Å². The second kappa shape index (κ2) is 13.5. The molecule has 0 aromatic rings. The van der Waals surface area contributed by atoms with Crippen LogP contribution in [0, 0.1) is 5.41 Å². The molecule has 0 saturated carbocycles. The van der Waals surface area contributed by atoms with Gasteiger partial charge in [-0.15, -0.1) is 0 Å². The molecule has 0 aromatic carbocycles. The van der Waals surface area contributed by atoms with Gasteiger partial charge in [-0.05, 0) is 24.7 Å². The summed E-state index contributed by atoms with van der Waals surface area (Å²) in [5, 5.41) is 10.2. The normalized spacial score (nSPS) is 11.1. The number of carboxylic acids is 1. The van der Waals surface area contributed by atoms with Gasteiger partial charge in [-0.3, -0.25) is 0 Å². The monoisotopic (exact) mass is 278 g/mol. The molecule has 0 radical (unpaired) electrons. The van der Waals surface area contributed by atoms with Gasteiger partial charge in [-0.25, -0.2) is 0 Å². The number of hydrogen-bond donors (Lipinski definition) is 0. The van der Waals surface area contributed by atoms with Crippen molar-refractivity contribution in [2.75, 3.05) is 0 Å². The zero-order chi connectivity index (χ0) is 13.9. The predicted octanol–water partition coefficient (Wildman–Crippen LogP) is 1.08. The van der Waals surface area contributed by atoms with E-state index >= 15 is 0 Å². The van der Waals surface area contributed by atoms with E-state index in [4.69, 9.17) is 0 Å². The van der Waals surface area contributed by atoms with Crippen LogP contribution < -0.4 is 34.7 Å². The Morgan fingerprint density at radius 2 is 1.16 bits per heavy atom. The molecule has 3 heteroatoms. The van der Waals surface area contributed by atoms with Gasteiger partial charge < -0.3 is 9.90 Å². The smallest absolute Gasteiger partial charge is 0.550 e. The Kier molecular flexibility index (Phi) is 15.4. The van der Waals surface area contributed by atoms with Crippen molar-refractivity contribution < 1.29 is 39.5 Å². The standard InChI is InChI=1S/C16H32O2.Na/c1-16(2,3)14-12-10-8-6-4-5-7-9-11-13-15(17)18;/h4-14H2,1-3H3,(H,17,18);/q;+1/p-1. The molecule has 0 fully saturated rings. The van der Waals surface area contributed by atoms with Crippen molar-refractivity contribution >= 4 is 5.97 Å². The minimum atomic E-state index is -0.908. The minimum Gasteiger partial charge on any atom is -0.550 e. The quantitative estimate of drug-likeness (QED) is 0.419. The summed E-state index contributed by atoms with van der Waals surface area (Å²) in [5.41, 5.74) is 0.485. The van der Waals surface area contributed by atoms with E-state index in [0.717, 1.165) is 12.8 Å². The molecule has 0 spiro atoms. The van der Waals surface area contributed by atoms with Gasteiger partial charge in [0, 0.05) is 5.97 Å². The summed E-state index contributed by atoms with van der Waals surface area (Å²) < 4.78 is 0. The van der Waals surface area contributed by atoms with Crippen LogP contribution in [0.1, 0.15) is 91.4 Å². The van der Waals surface area contributed by atoms with E-state index in [9.17, 15) is 9.90 Å². The van der Waals surface area contributed by atoms with Gasteiger partial charge >= 0.3 is 29.6 Å². The van der Waals surface area contributed by atoms with E-state index in [1.807, 2.05) is 0 Å². The fourth-order valence-electron chi connectivity index (χ4n) is 2.16. The maximum atomic E-state index is 10.2. The Morgan fingerprint density at radius 1 is 0.789 bits per heavy atom. The third-order valence-corrected chi connectivity index (χ3v) is 3.31. The molecule has 19 heavy (non-hydrogen) atoms. The number of carboxylic acid groups (broad SMARTS) is 1. The molecule has 0 bridgehead atoms. The minimum absolute atomic E-state index is 0. The van der Waals surface area contributed by atoms with Gasteiger partial charge in [-0.2, -0.15) is 0 Å². The summed E-state index contributed by atoms with van der Waals surface area (Å²) in [6, 6.07) is 0. The van der Waals surface area contributed by atoms with Crippen molar-refractivity contribution in [3.05, 3.63) is 0 Å². The van der Waals surface area contributed by atoms with Crippen molar-refractivity contribution in [3.63, 3.8) is 0 Å². The molecule has 108 valence electrons. The number of carbonyl (C=O) groups is 1. The van der Waals surface area contributed by atoms with Gasteiger partial charge in [0.1, 0.15) is 0 Å². The number of rotatable bonds is 11. The molecule has 0 atom stereocenters. The summed E-state index contributed by atoms with van der Waals surface area (Å²) in [6.07, 6.45) is 12.5. The van der Waals surface area contributed by atoms with E-state index in [1.165, 1.54) is 51.4 Å². The Labute approximate surface area is 142 Å². The van der Waals surface area contributed by atoms with Crippen molar-refractivity contribution in [2.45, 2.75) is 91.4 Å².